The summed E-state index contributed by atoms with van der Waals surface area (Å²) in [6.07, 6.45) is 1.72. The molecule has 0 atom stereocenters. The summed E-state index contributed by atoms with van der Waals surface area (Å²) < 4.78 is 6.25. The minimum atomic E-state index is 0.526. The van der Waals surface area contributed by atoms with Gasteiger partial charge in [0.2, 0.25) is 0 Å². The highest BCUT2D eigenvalue weighted by Gasteiger charge is 1.99. The Morgan fingerprint density at radius 2 is 2.31 bits per heavy atom. The zero-order valence-corrected chi connectivity index (χ0v) is 9.44. The predicted molar refractivity (Wildman–Crippen MR) is 59.0 cm³/mol. The molecule has 0 bridgehead atoms. The second-order valence-corrected chi connectivity index (χ2v) is 3.86. The molecule has 1 aromatic rings. The summed E-state index contributed by atoms with van der Waals surface area (Å²) in [7, 11) is 0. The highest BCUT2D eigenvalue weighted by molar-refractivity contribution is 9.10. The van der Waals surface area contributed by atoms with E-state index >= 15 is 0 Å². The fraction of sp³-hybridized carbons (Fsp3) is 0.200. The van der Waals surface area contributed by atoms with Crippen molar-refractivity contribution in [3.8, 4) is 0 Å². The van der Waals surface area contributed by atoms with E-state index in [1.165, 1.54) is 0 Å². The van der Waals surface area contributed by atoms with Gasteiger partial charge in [-0.3, -0.25) is 0 Å². The Morgan fingerprint density at radius 1 is 1.54 bits per heavy atom. The van der Waals surface area contributed by atoms with Crippen LogP contribution in [0.4, 0.5) is 0 Å². The van der Waals surface area contributed by atoms with Crippen LogP contribution < -0.4 is 0 Å². The molecule has 70 valence electrons. The van der Waals surface area contributed by atoms with Gasteiger partial charge in [0.25, 0.3) is 0 Å². The van der Waals surface area contributed by atoms with E-state index in [1.807, 2.05) is 18.2 Å². The Labute approximate surface area is 91.5 Å². The van der Waals surface area contributed by atoms with E-state index in [0.29, 0.717) is 13.2 Å². The average molecular weight is 262 g/mol. The third-order valence-electron chi connectivity index (χ3n) is 1.51. The van der Waals surface area contributed by atoms with E-state index in [1.54, 1.807) is 6.08 Å². The van der Waals surface area contributed by atoms with Crippen molar-refractivity contribution >= 4 is 27.5 Å². The number of halogens is 2. The first kappa shape index (κ1) is 10.8. The molecule has 0 aliphatic rings. The lowest BCUT2D eigenvalue weighted by Gasteiger charge is -2.04. The highest BCUT2D eigenvalue weighted by atomic mass is 79.9. The second kappa shape index (κ2) is 5.43. The smallest absolute Gasteiger partial charge is 0.0735 e. The second-order valence-electron chi connectivity index (χ2n) is 2.54. The summed E-state index contributed by atoms with van der Waals surface area (Å²) in [6.45, 7) is 4.64. The summed E-state index contributed by atoms with van der Waals surface area (Å²) >= 11 is 9.31. The van der Waals surface area contributed by atoms with Crippen molar-refractivity contribution in [2.45, 2.75) is 6.61 Å². The normalized spacial score (nSPS) is 10.0. The molecule has 0 aromatic heterocycles. The first-order valence-corrected chi connectivity index (χ1v) is 5.03. The summed E-state index contributed by atoms with van der Waals surface area (Å²) in [4.78, 5) is 0. The molecule has 0 saturated heterocycles. The van der Waals surface area contributed by atoms with Crippen molar-refractivity contribution in [3.05, 3.63) is 45.9 Å². The molecule has 0 radical (unpaired) electrons. The average Bonchev–Trinajstić information content (AvgIpc) is 2.09. The fourth-order valence-corrected chi connectivity index (χ4v) is 1.62. The molecule has 0 heterocycles. The minimum Gasteiger partial charge on any atom is -0.373 e. The molecule has 0 aliphatic heterocycles. The maximum atomic E-state index is 5.97. The van der Waals surface area contributed by atoms with Crippen molar-refractivity contribution in [3.63, 3.8) is 0 Å². The van der Waals surface area contributed by atoms with Crippen molar-refractivity contribution in [1.82, 2.24) is 0 Å². The maximum absolute atomic E-state index is 5.97. The van der Waals surface area contributed by atoms with E-state index in [2.05, 4.69) is 22.5 Å². The highest BCUT2D eigenvalue weighted by Crippen LogP contribution is 2.21. The van der Waals surface area contributed by atoms with Crippen LogP contribution in [0.5, 0.6) is 0 Å². The van der Waals surface area contributed by atoms with Gasteiger partial charge in [-0.25, -0.2) is 0 Å². The van der Waals surface area contributed by atoms with Gasteiger partial charge in [0.1, 0.15) is 0 Å². The molecule has 0 aliphatic carbocycles. The quantitative estimate of drug-likeness (QED) is 0.592. The monoisotopic (exact) mass is 260 g/mol. The molecular weight excluding hydrogens is 251 g/mol. The molecular formula is C10H10BrClO. The lowest BCUT2D eigenvalue weighted by atomic mass is 10.2. The standard InChI is InChI=1S/C10H10BrClO/c1-2-5-13-7-8-3-4-9(11)6-10(8)12/h2-4,6H,1,5,7H2. The predicted octanol–water partition coefficient (Wildman–Crippen LogP) is 3.81. The van der Waals surface area contributed by atoms with Gasteiger partial charge in [-0.2, -0.15) is 0 Å². The zero-order valence-electron chi connectivity index (χ0n) is 7.09. The Hall–Kier alpha value is -0.310. The number of hydrogen-bond acceptors (Lipinski definition) is 1. The van der Waals surface area contributed by atoms with Crippen LogP contribution in [0.3, 0.4) is 0 Å². The molecule has 1 rings (SSSR count). The number of rotatable bonds is 4. The maximum Gasteiger partial charge on any atom is 0.0735 e. The minimum absolute atomic E-state index is 0.526. The number of benzene rings is 1. The molecule has 0 fully saturated rings. The summed E-state index contributed by atoms with van der Waals surface area (Å²) in [5, 5.41) is 0.721. The van der Waals surface area contributed by atoms with E-state index in [0.717, 1.165) is 15.1 Å². The van der Waals surface area contributed by atoms with Gasteiger partial charge in [-0.1, -0.05) is 39.7 Å². The van der Waals surface area contributed by atoms with Gasteiger partial charge >= 0.3 is 0 Å². The first-order chi connectivity index (χ1) is 6.24. The largest absolute Gasteiger partial charge is 0.373 e. The van der Waals surface area contributed by atoms with Crippen molar-refractivity contribution < 1.29 is 4.74 Å². The Kier molecular flexibility index (Phi) is 4.50. The Morgan fingerprint density at radius 3 is 2.92 bits per heavy atom. The van der Waals surface area contributed by atoms with Crippen LogP contribution in [-0.4, -0.2) is 6.61 Å². The molecule has 1 nitrogen and oxygen atoms in total. The molecule has 13 heavy (non-hydrogen) atoms. The number of hydrogen-bond donors (Lipinski definition) is 0. The lowest BCUT2D eigenvalue weighted by molar-refractivity contribution is 0.149. The summed E-state index contributed by atoms with van der Waals surface area (Å²) in [5.74, 6) is 0. The van der Waals surface area contributed by atoms with Gasteiger partial charge in [-0.15, -0.1) is 6.58 Å². The van der Waals surface area contributed by atoms with Crippen LogP contribution in [0.1, 0.15) is 5.56 Å². The summed E-state index contributed by atoms with van der Waals surface area (Å²) in [5.41, 5.74) is 0.992. The van der Waals surface area contributed by atoms with Crippen molar-refractivity contribution in [2.24, 2.45) is 0 Å². The fourth-order valence-electron chi connectivity index (χ4n) is 0.891. The van der Waals surface area contributed by atoms with E-state index in [4.69, 9.17) is 16.3 Å². The Balaban J connectivity index is 2.61. The molecule has 0 amide bonds. The third-order valence-corrected chi connectivity index (χ3v) is 2.35. The van der Waals surface area contributed by atoms with Crippen LogP contribution in [0.25, 0.3) is 0 Å². The Bertz CT molecular complexity index is 299. The molecule has 0 unspecified atom stereocenters. The van der Waals surface area contributed by atoms with E-state index in [-0.39, 0.29) is 0 Å². The zero-order chi connectivity index (χ0) is 9.68. The van der Waals surface area contributed by atoms with Gasteiger partial charge in [0.05, 0.1) is 13.2 Å². The van der Waals surface area contributed by atoms with E-state index < -0.39 is 0 Å². The topological polar surface area (TPSA) is 9.23 Å². The summed E-state index contributed by atoms with van der Waals surface area (Å²) in [6, 6.07) is 5.74. The molecule has 3 heteroatoms. The van der Waals surface area contributed by atoms with Gasteiger partial charge in [0, 0.05) is 9.50 Å². The van der Waals surface area contributed by atoms with Gasteiger partial charge in [-0.05, 0) is 17.7 Å². The van der Waals surface area contributed by atoms with Crippen molar-refractivity contribution in [2.75, 3.05) is 6.61 Å². The molecule has 0 N–H and O–H groups in total. The molecule has 1 aromatic carbocycles. The van der Waals surface area contributed by atoms with Crippen LogP contribution in [-0.2, 0) is 11.3 Å². The van der Waals surface area contributed by atoms with E-state index in [9.17, 15) is 0 Å². The third kappa shape index (κ3) is 3.51. The van der Waals surface area contributed by atoms with Crippen LogP contribution in [0.15, 0.2) is 35.3 Å². The SMILES string of the molecule is C=CCOCc1ccc(Br)cc1Cl. The first-order valence-electron chi connectivity index (χ1n) is 3.86. The van der Waals surface area contributed by atoms with Crippen molar-refractivity contribution in [1.29, 1.82) is 0 Å². The van der Waals surface area contributed by atoms with Gasteiger partial charge in [0.15, 0.2) is 0 Å². The molecule has 0 saturated carbocycles. The van der Waals surface area contributed by atoms with Gasteiger partial charge < -0.3 is 4.74 Å². The van der Waals surface area contributed by atoms with Crippen LogP contribution >= 0.6 is 27.5 Å². The molecule has 0 spiro atoms. The van der Waals surface area contributed by atoms with Crippen LogP contribution in [0, 0.1) is 0 Å². The lowest BCUT2D eigenvalue weighted by Crippen LogP contribution is -1.93. The number of ether oxygens (including phenoxy) is 1. The van der Waals surface area contributed by atoms with Crippen LogP contribution in [0.2, 0.25) is 5.02 Å².